The van der Waals surface area contributed by atoms with Crippen molar-refractivity contribution < 1.29 is 9.90 Å². The maximum Gasteiger partial charge on any atom is 0.303 e. The summed E-state index contributed by atoms with van der Waals surface area (Å²) in [4.78, 5) is 10.3. The SMILES string of the molecule is CCCCCCCCCCCCCC(=O)O.S. The highest BCUT2D eigenvalue weighted by Crippen LogP contribution is 2.11. The maximum atomic E-state index is 10.3. The minimum Gasteiger partial charge on any atom is -0.481 e. The van der Waals surface area contributed by atoms with Crippen LogP contribution in [0.3, 0.4) is 0 Å². The molecule has 0 amide bonds. The van der Waals surface area contributed by atoms with Crippen molar-refractivity contribution in [2.24, 2.45) is 0 Å². The summed E-state index contributed by atoms with van der Waals surface area (Å²) >= 11 is 0. The van der Waals surface area contributed by atoms with E-state index in [0.717, 1.165) is 12.8 Å². The molecule has 104 valence electrons. The fourth-order valence-electron chi connectivity index (χ4n) is 1.94. The number of carbonyl (C=O) groups is 1. The monoisotopic (exact) mass is 262 g/mol. The lowest BCUT2D eigenvalue weighted by atomic mass is 10.1. The number of hydrogen-bond donors (Lipinski definition) is 1. The van der Waals surface area contributed by atoms with Crippen LogP contribution in [-0.2, 0) is 4.79 Å². The van der Waals surface area contributed by atoms with Crippen molar-refractivity contribution in [2.75, 3.05) is 0 Å². The summed E-state index contributed by atoms with van der Waals surface area (Å²) in [5.74, 6) is -0.657. The van der Waals surface area contributed by atoms with Crippen LogP contribution in [0.1, 0.15) is 84.0 Å². The second kappa shape index (κ2) is 15.8. The van der Waals surface area contributed by atoms with Crippen molar-refractivity contribution in [3.8, 4) is 0 Å². The van der Waals surface area contributed by atoms with Crippen molar-refractivity contribution in [3.63, 3.8) is 0 Å². The lowest BCUT2D eigenvalue weighted by Gasteiger charge is -2.01. The van der Waals surface area contributed by atoms with Gasteiger partial charge >= 0.3 is 5.97 Å². The van der Waals surface area contributed by atoms with Gasteiger partial charge in [0.25, 0.3) is 0 Å². The molecular weight excluding hydrogens is 232 g/mol. The van der Waals surface area contributed by atoms with Crippen LogP contribution in [0.4, 0.5) is 0 Å². The molecule has 0 unspecified atom stereocenters. The van der Waals surface area contributed by atoms with E-state index in [1.807, 2.05) is 0 Å². The Kier molecular flexibility index (Phi) is 17.8. The van der Waals surface area contributed by atoms with Crippen molar-refractivity contribution in [1.29, 1.82) is 0 Å². The van der Waals surface area contributed by atoms with Gasteiger partial charge in [0, 0.05) is 6.42 Å². The van der Waals surface area contributed by atoms with E-state index < -0.39 is 5.97 Å². The highest BCUT2D eigenvalue weighted by atomic mass is 32.1. The molecule has 3 heteroatoms. The minimum atomic E-state index is -0.657. The van der Waals surface area contributed by atoms with E-state index in [1.54, 1.807) is 0 Å². The minimum absolute atomic E-state index is 0. The molecule has 0 aliphatic rings. The Balaban J connectivity index is 0. The van der Waals surface area contributed by atoms with Crippen LogP contribution in [0.2, 0.25) is 0 Å². The molecule has 0 aromatic heterocycles. The van der Waals surface area contributed by atoms with Crippen LogP contribution in [0, 0.1) is 0 Å². The third-order valence-electron chi connectivity index (χ3n) is 2.99. The van der Waals surface area contributed by atoms with Crippen LogP contribution in [-0.4, -0.2) is 11.1 Å². The summed E-state index contributed by atoms with van der Waals surface area (Å²) in [6.07, 6.45) is 14.4. The van der Waals surface area contributed by atoms with Gasteiger partial charge in [-0.2, -0.15) is 13.5 Å². The number of aliphatic carboxylic acids is 1. The lowest BCUT2D eigenvalue weighted by molar-refractivity contribution is -0.137. The zero-order chi connectivity index (χ0) is 12.1. The number of unbranched alkanes of at least 4 members (excludes halogenated alkanes) is 10. The van der Waals surface area contributed by atoms with Gasteiger partial charge in [-0.3, -0.25) is 4.79 Å². The van der Waals surface area contributed by atoms with E-state index >= 15 is 0 Å². The Morgan fingerprint density at radius 1 is 0.765 bits per heavy atom. The molecule has 1 N–H and O–H groups in total. The second-order valence-corrected chi connectivity index (χ2v) is 4.68. The highest BCUT2D eigenvalue weighted by molar-refractivity contribution is 7.59. The molecular formula is C14H30O2S. The van der Waals surface area contributed by atoms with E-state index in [0.29, 0.717) is 6.42 Å². The zero-order valence-electron chi connectivity index (χ0n) is 11.3. The quantitative estimate of drug-likeness (QED) is 0.509. The zero-order valence-corrected chi connectivity index (χ0v) is 12.3. The van der Waals surface area contributed by atoms with E-state index in [9.17, 15) is 4.79 Å². The molecule has 0 radical (unpaired) electrons. The molecule has 17 heavy (non-hydrogen) atoms. The number of rotatable bonds is 12. The fraction of sp³-hybridized carbons (Fsp3) is 0.929. The molecule has 0 saturated heterocycles. The molecule has 0 heterocycles. The molecule has 0 bridgehead atoms. The van der Waals surface area contributed by atoms with Gasteiger partial charge in [-0.1, -0.05) is 71.1 Å². The average Bonchev–Trinajstić information content (AvgIpc) is 2.25. The van der Waals surface area contributed by atoms with Gasteiger partial charge in [0.2, 0.25) is 0 Å². The highest BCUT2D eigenvalue weighted by Gasteiger charge is 1.96. The molecule has 0 saturated carbocycles. The Hall–Kier alpha value is -0.180. The Bertz CT molecular complexity index is 160. The van der Waals surface area contributed by atoms with E-state index in [1.165, 1.54) is 57.8 Å². The first kappa shape index (κ1) is 19.2. The summed E-state index contributed by atoms with van der Waals surface area (Å²) < 4.78 is 0. The normalized spacial score (nSPS) is 9.94. The summed E-state index contributed by atoms with van der Waals surface area (Å²) in [6, 6.07) is 0. The standard InChI is InChI=1S/C14H28O2.H2S/c1-2-3-4-5-6-7-8-9-10-11-12-13-14(15)16;/h2-13H2,1H3,(H,15,16);1H2. The van der Waals surface area contributed by atoms with Gasteiger partial charge in [-0.25, -0.2) is 0 Å². The van der Waals surface area contributed by atoms with Crippen molar-refractivity contribution in [3.05, 3.63) is 0 Å². The van der Waals surface area contributed by atoms with Gasteiger partial charge < -0.3 is 5.11 Å². The number of carboxylic acid groups (broad SMARTS) is 1. The first-order valence-corrected chi connectivity index (χ1v) is 6.99. The third-order valence-corrected chi connectivity index (χ3v) is 2.99. The summed E-state index contributed by atoms with van der Waals surface area (Å²) in [7, 11) is 0. The lowest BCUT2D eigenvalue weighted by Crippen LogP contribution is -1.93. The van der Waals surface area contributed by atoms with E-state index in [2.05, 4.69) is 6.92 Å². The molecule has 0 fully saturated rings. The molecule has 0 atom stereocenters. The summed E-state index contributed by atoms with van der Waals surface area (Å²) in [6.45, 7) is 2.25. The van der Waals surface area contributed by atoms with Crippen molar-refractivity contribution in [2.45, 2.75) is 84.0 Å². The van der Waals surface area contributed by atoms with Gasteiger partial charge in [-0.05, 0) is 6.42 Å². The molecule has 2 nitrogen and oxygen atoms in total. The van der Waals surface area contributed by atoms with Gasteiger partial charge in [0.15, 0.2) is 0 Å². The number of carboxylic acids is 1. The van der Waals surface area contributed by atoms with Gasteiger partial charge in [0.1, 0.15) is 0 Å². The van der Waals surface area contributed by atoms with Crippen LogP contribution in [0.25, 0.3) is 0 Å². The van der Waals surface area contributed by atoms with E-state index in [-0.39, 0.29) is 13.5 Å². The first-order chi connectivity index (χ1) is 7.77. The Morgan fingerprint density at radius 2 is 1.12 bits per heavy atom. The van der Waals surface area contributed by atoms with Crippen LogP contribution in [0.15, 0.2) is 0 Å². The smallest absolute Gasteiger partial charge is 0.303 e. The molecule has 0 aliphatic carbocycles. The fourth-order valence-corrected chi connectivity index (χ4v) is 1.94. The first-order valence-electron chi connectivity index (χ1n) is 6.99. The summed E-state index contributed by atoms with van der Waals surface area (Å²) in [5.41, 5.74) is 0. The Labute approximate surface area is 114 Å². The predicted molar refractivity (Wildman–Crippen MR) is 79.1 cm³/mol. The van der Waals surface area contributed by atoms with Crippen LogP contribution < -0.4 is 0 Å². The van der Waals surface area contributed by atoms with Crippen molar-refractivity contribution >= 4 is 19.5 Å². The Morgan fingerprint density at radius 3 is 1.47 bits per heavy atom. The summed E-state index contributed by atoms with van der Waals surface area (Å²) in [5, 5.41) is 8.46. The predicted octanol–water partition coefficient (Wildman–Crippen LogP) is 4.88. The molecule has 0 aromatic rings. The average molecular weight is 262 g/mol. The molecule has 0 aromatic carbocycles. The molecule has 0 rings (SSSR count). The second-order valence-electron chi connectivity index (χ2n) is 4.68. The molecule has 0 spiro atoms. The topological polar surface area (TPSA) is 37.3 Å². The van der Waals surface area contributed by atoms with Gasteiger partial charge in [-0.15, -0.1) is 0 Å². The maximum absolute atomic E-state index is 10.3. The van der Waals surface area contributed by atoms with Crippen LogP contribution >= 0.6 is 13.5 Å². The van der Waals surface area contributed by atoms with Crippen LogP contribution in [0.5, 0.6) is 0 Å². The largest absolute Gasteiger partial charge is 0.481 e. The van der Waals surface area contributed by atoms with Gasteiger partial charge in [0.05, 0.1) is 0 Å². The third kappa shape index (κ3) is 18.4. The molecule has 0 aliphatic heterocycles. The van der Waals surface area contributed by atoms with E-state index in [4.69, 9.17) is 5.11 Å². The number of hydrogen-bond acceptors (Lipinski definition) is 1. The van der Waals surface area contributed by atoms with Crippen molar-refractivity contribution in [1.82, 2.24) is 0 Å².